The van der Waals surface area contributed by atoms with E-state index in [1.165, 1.54) is 28.6 Å². The van der Waals surface area contributed by atoms with E-state index >= 15 is 0 Å². The summed E-state index contributed by atoms with van der Waals surface area (Å²) in [7, 11) is -3.95. The van der Waals surface area contributed by atoms with Crippen LogP contribution in [0, 0.1) is 0 Å². The van der Waals surface area contributed by atoms with Gasteiger partial charge in [0.25, 0.3) is 15.9 Å². The van der Waals surface area contributed by atoms with Gasteiger partial charge in [0, 0.05) is 18.1 Å². The molecule has 0 atom stereocenters. The zero-order valence-electron chi connectivity index (χ0n) is 15.7. The standard InChI is InChI=1S/C20H22Cl2N2O3S/c1-4-13-24(16-9-7-15(21)8-10-16)28(26,27)17-11-12-19(22)18(14-17)20(25)23(5-2)6-3/h4,7-12,14H,1,5-6,13H2,2-3H3. The van der Waals surface area contributed by atoms with Crippen molar-refractivity contribution in [2.75, 3.05) is 23.9 Å². The van der Waals surface area contributed by atoms with Gasteiger partial charge < -0.3 is 4.90 Å². The van der Waals surface area contributed by atoms with Crippen LogP contribution in [0.2, 0.25) is 10.0 Å². The van der Waals surface area contributed by atoms with Crippen molar-refractivity contribution in [1.82, 2.24) is 4.90 Å². The molecule has 0 aromatic heterocycles. The summed E-state index contributed by atoms with van der Waals surface area (Å²) < 4.78 is 27.8. The van der Waals surface area contributed by atoms with Gasteiger partial charge in [-0.05, 0) is 56.3 Å². The molecular formula is C20H22Cl2N2O3S. The number of halogens is 2. The van der Waals surface area contributed by atoms with Crippen LogP contribution in [0.25, 0.3) is 0 Å². The number of hydrogen-bond acceptors (Lipinski definition) is 3. The predicted molar refractivity (Wildman–Crippen MR) is 115 cm³/mol. The van der Waals surface area contributed by atoms with E-state index in [2.05, 4.69) is 6.58 Å². The monoisotopic (exact) mass is 440 g/mol. The van der Waals surface area contributed by atoms with Gasteiger partial charge in [0.15, 0.2) is 0 Å². The Labute approximate surface area is 176 Å². The summed E-state index contributed by atoms with van der Waals surface area (Å²) in [5.74, 6) is -0.311. The third-order valence-corrected chi connectivity index (χ3v) is 6.59. The average molecular weight is 441 g/mol. The third-order valence-electron chi connectivity index (χ3n) is 4.22. The van der Waals surface area contributed by atoms with Crippen molar-refractivity contribution in [2.24, 2.45) is 0 Å². The molecule has 0 aliphatic rings. The Kier molecular flexibility index (Phi) is 7.52. The Bertz CT molecular complexity index is 956. The van der Waals surface area contributed by atoms with E-state index in [4.69, 9.17) is 23.2 Å². The lowest BCUT2D eigenvalue weighted by atomic mass is 10.2. The van der Waals surface area contributed by atoms with E-state index in [-0.39, 0.29) is 27.9 Å². The molecule has 2 aromatic rings. The van der Waals surface area contributed by atoms with Crippen molar-refractivity contribution in [3.8, 4) is 0 Å². The van der Waals surface area contributed by atoms with Crippen molar-refractivity contribution in [1.29, 1.82) is 0 Å². The van der Waals surface area contributed by atoms with Gasteiger partial charge in [-0.2, -0.15) is 0 Å². The number of nitrogens with zero attached hydrogens (tertiary/aromatic N) is 2. The Morgan fingerprint density at radius 2 is 1.68 bits per heavy atom. The number of sulfonamides is 1. The molecule has 0 aliphatic carbocycles. The molecule has 5 nitrogen and oxygen atoms in total. The Morgan fingerprint density at radius 1 is 1.07 bits per heavy atom. The van der Waals surface area contributed by atoms with Crippen LogP contribution in [0.1, 0.15) is 24.2 Å². The molecule has 0 aliphatic heterocycles. The van der Waals surface area contributed by atoms with E-state index in [0.29, 0.717) is 23.8 Å². The molecule has 150 valence electrons. The minimum Gasteiger partial charge on any atom is -0.339 e. The number of carbonyl (C=O) groups excluding carboxylic acids is 1. The van der Waals surface area contributed by atoms with Gasteiger partial charge >= 0.3 is 0 Å². The molecule has 0 bridgehead atoms. The predicted octanol–water partition coefficient (Wildman–Crippen LogP) is 4.86. The summed E-state index contributed by atoms with van der Waals surface area (Å²) >= 11 is 12.1. The van der Waals surface area contributed by atoms with Crippen molar-refractivity contribution >= 4 is 44.8 Å². The molecule has 0 N–H and O–H groups in total. The van der Waals surface area contributed by atoms with E-state index in [1.54, 1.807) is 29.2 Å². The van der Waals surface area contributed by atoms with Crippen LogP contribution < -0.4 is 4.31 Å². The average Bonchev–Trinajstić information content (AvgIpc) is 2.68. The Hall–Kier alpha value is -2.02. The third kappa shape index (κ3) is 4.69. The highest BCUT2D eigenvalue weighted by Crippen LogP contribution is 2.28. The molecule has 8 heteroatoms. The summed E-state index contributed by atoms with van der Waals surface area (Å²) in [6, 6.07) is 10.6. The lowest BCUT2D eigenvalue weighted by molar-refractivity contribution is 0.0773. The smallest absolute Gasteiger partial charge is 0.264 e. The van der Waals surface area contributed by atoms with Gasteiger partial charge in [-0.15, -0.1) is 6.58 Å². The minimum atomic E-state index is -3.95. The van der Waals surface area contributed by atoms with Gasteiger partial charge in [-0.3, -0.25) is 9.10 Å². The van der Waals surface area contributed by atoms with Crippen LogP contribution in [-0.2, 0) is 10.0 Å². The summed E-state index contributed by atoms with van der Waals surface area (Å²) in [6.45, 7) is 8.39. The molecule has 2 aromatic carbocycles. The fraction of sp³-hybridized carbons (Fsp3) is 0.250. The second kappa shape index (κ2) is 9.45. The molecule has 0 saturated carbocycles. The van der Waals surface area contributed by atoms with Crippen LogP contribution >= 0.6 is 23.2 Å². The normalized spacial score (nSPS) is 11.1. The van der Waals surface area contributed by atoms with Crippen LogP contribution in [0.5, 0.6) is 0 Å². The first kappa shape index (κ1) is 22.3. The maximum atomic E-state index is 13.3. The first-order valence-corrected chi connectivity index (χ1v) is 10.9. The van der Waals surface area contributed by atoms with Gasteiger partial charge in [-0.25, -0.2) is 8.42 Å². The maximum absolute atomic E-state index is 13.3. The van der Waals surface area contributed by atoms with Gasteiger partial charge in [0.1, 0.15) is 0 Å². The lowest BCUT2D eigenvalue weighted by Gasteiger charge is -2.24. The Balaban J connectivity index is 2.54. The maximum Gasteiger partial charge on any atom is 0.264 e. The molecule has 0 radical (unpaired) electrons. The zero-order valence-corrected chi connectivity index (χ0v) is 18.1. The summed E-state index contributed by atoms with van der Waals surface area (Å²) in [6.07, 6.45) is 1.49. The molecule has 28 heavy (non-hydrogen) atoms. The van der Waals surface area contributed by atoms with E-state index in [1.807, 2.05) is 13.8 Å². The van der Waals surface area contributed by atoms with Crippen LogP contribution in [0.15, 0.2) is 60.0 Å². The quantitative estimate of drug-likeness (QED) is 0.550. The topological polar surface area (TPSA) is 57.7 Å². The van der Waals surface area contributed by atoms with E-state index < -0.39 is 10.0 Å². The first-order chi connectivity index (χ1) is 13.3. The summed E-state index contributed by atoms with van der Waals surface area (Å²) in [4.78, 5) is 14.3. The van der Waals surface area contributed by atoms with E-state index in [9.17, 15) is 13.2 Å². The second-order valence-corrected chi connectivity index (χ2v) is 8.63. The molecule has 2 rings (SSSR count). The molecule has 0 spiro atoms. The number of amides is 1. The number of anilines is 1. The number of rotatable bonds is 8. The molecule has 0 saturated heterocycles. The Morgan fingerprint density at radius 3 is 2.21 bits per heavy atom. The molecular weight excluding hydrogens is 419 g/mol. The lowest BCUT2D eigenvalue weighted by Crippen LogP contribution is -2.32. The fourth-order valence-corrected chi connectivity index (χ4v) is 4.49. The highest BCUT2D eigenvalue weighted by molar-refractivity contribution is 7.92. The van der Waals surface area contributed by atoms with Crippen LogP contribution in [0.3, 0.4) is 0 Å². The largest absolute Gasteiger partial charge is 0.339 e. The number of benzene rings is 2. The molecule has 0 fully saturated rings. The van der Waals surface area contributed by atoms with Crippen molar-refractivity contribution < 1.29 is 13.2 Å². The fourth-order valence-electron chi connectivity index (χ4n) is 2.70. The molecule has 0 heterocycles. The highest BCUT2D eigenvalue weighted by Gasteiger charge is 2.26. The summed E-state index contributed by atoms with van der Waals surface area (Å²) in [5, 5.41) is 0.705. The van der Waals surface area contributed by atoms with Crippen molar-refractivity contribution in [2.45, 2.75) is 18.7 Å². The van der Waals surface area contributed by atoms with Crippen LogP contribution in [0.4, 0.5) is 5.69 Å². The van der Waals surface area contributed by atoms with E-state index in [0.717, 1.165) is 0 Å². The van der Waals surface area contributed by atoms with Crippen molar-refractivity contribution in [3.05, 3.63) is 70.7 Å². The summed E-state index contributed by atoms with van der Waals surface area (Å²) in [5.41, 5.74) is 0.594. The van der Waals surface area contributed by atoms with Gasteiger partial charge in [0.05, 0.1) is 27.7 Å². The van der Waals surface area contributed by atoms with Gasteiger partial charge in [0.2, 0.25) is 0 Å². The molecule has 0 unspecified atom stereocenters. The minimum absolute atomic E-state index is 0.0239. The zero-order chi connectivity index (χ0) is 20.9. The number of carbonyl (C=O) groups is 1. The second-order valence-electron chi connectivity index (χ2n) is 5.92. The highest BCUT2D eigenvalue weighted by atomic mass is 35.5. The van der Waals surface area contributed by atoms with Crippen molar-refractivity contribution in [3.63, 3.8) is 0 Å². The van der Waals surface area contributed by atoms with Crippen LogP contribution in [-0.4, -0.2) is 38.9 Å². The SMILES string of the molecule is C=CCN(c1ccc(Cl)cc1)S(=O)(=O)c1ccc(Cl)c(C(=O)N(CC)CC)c1. The number of hydrogen-bond donors (Lipinski definition) is 0. The van der Waals surface area contributed by atoms with Gasteiger partial charge in [-0.1, -0.05) is 29.3 Å². The first-order valence-electron chi connectivity index (χ1n) is 8.74. The molecule has 1 amide bonds.